The Balaban J connectivity index is 1.58. The van der Waals surface area contributed by atoms with Gasteiger partial charge in [0.15, 0.2) is 11.0 Å². The second-order valence-corrected chi connectivity index (χ2v) is 7.70. The molecule has 0 aliphatic rings. The maximum absolute atomic E-state index is 13.8. The van der Waals surface area contributed by atoms with Crippen molar-refractivity contribution >= 4 is 29.3 Å². The highest BCUT2D eigenvalue weighted by Crippen LogP contribution is 2.19. The fraction of sp³-hybridized carbons (Fsp3) is 0.217. The Morgan fingerprint density at radius 1 is 1.18 bits per heavy atom. The third kappa shape index (κ3) is 6.66. The summed E-state index contributed by atoms with van der Waals surface area (Å²) in [6.45, 7) is 6.64. The number of anilines is 1. The van der Waals surface area contributed by atoms with Gasteiger partial charge in [-0.2, -0.15) is 0 Å². The molecule has 0 bridgehead atoms. The standard InChI is InChI=1S/C23H24FN5O3S/c1-3-13-29-20(14-25-22(31)18-7-5-6-8-19(18)24)27-28-23(29)33-15-21(30)26-16-9-11-17(12-10-16)32-4-2/h3,5-12H,1,4,13-15H2,2H3,(H,25,31)(H,26,30). The average molecular weight is 470 g/mol. The third-order valence-corrected chi connectivity index (χ3v) is 5.38. The molecular weight excluding hydrogens is 445 g/mol. The van der Waals surface area contributed by atoms with E-state index in [0.29, 0.717) is 29.8 Å². The first kappa shape index (κ1) is 24.0. The summed E-state index contributed by atoms with van der Waals surface area (Å²) >= 11 is 1.21. The quantitative estimate of drug-likeness (QED) is 0.329. The van der Waals surface area contributed by atoms with Gasteiger partial charge >= 0.3 is 0 Å². The third-order valence-electron chi connectivity index (χ3n) is 4.41. The zero-order valence-electron chi connectivity index (χ0n) is 18.1. The molecule has 3 rings (SSSR count). The van der Waals surface area contributed by atoms with E-state index in [2.05, 4.69) is 27.4 Å². The summed E-state index contributed by atoms with van der Waals surface area (Å²) in [5.74, 6) is -0.0374. The molecule has 0 saturated heterocycles. The average Bonchev–Trinajstić information content (AvgIpc) is 3.19. The van der Waals surface area contributed by atoms with Crippen molar-refractivity contribution in [2.75, 3.05) is 17.7 Å². The van der Waals surface area contributed by atoms with E-state index in [0.717, 1.165) is 5.75 Å². The number of aromatic nitrogens is 3. The molecule has 0 fully saturated rings. The Labute approximate surface area is 195 Å². The van der Waals surface area contributed by atoms with E-state index < -0.39 is 11.7 Å². The summed E-state index contributed by atoms with van der Waals surface area (Å²) in [4.78, 5) is 24.6. The van der Waals surface area contributed by atoms with Crippen molar-refractivity contribution in [2.24, 2.45) is 0 Å². The zero-order chi connectivity index (χ0) is 23.6. The van der Waals surface area contributed by atoms with Crippen molar-refractivity contribution in [3.63, 3.8) is 0 Å². The number of hydrogen-bond donors (Lipinski definition) is 2. The van der Waals surface area contributed by atoms with Gasteiger partial charge in [-0.25, -0.2) is 4.39 Å². The fourth-order valence-corrected chi connectivity index (χ4v) is 3.66. The lowest BCUT2D eigenvalue weighted by molar-refractivity contribution is -0.113. The molecule has 0 spiro atoms. The topological polar surface area (TPSA) is 98.1 Å². The minimum Gasteiger partial charge on any atom is -0.494 e. The highest BCUT2D eigenvalue weighted by atomic mass is 32.2. The summed E-state index contributed by atoms with van der Waals surface area (Å²) in [5, 5.41) is 14.2. The number of nitrogens with zero attached hydrogens (tertiary/aromatic N) is 3. The van der Waals surface area contributed by atoms with Crippen LogP contribution in [0.15, 0.2) is 66.3 Å². The molecule has 2 aromatic carbocycles. The summed E-state index contributed by atoms with van der Waals surface area (Å²) in [6.07, 6.45) is 1.66. The minimum atomic E-state index is -0.600. The van der Waals surface area contributed by atoms with Gasteiger partial charge in [0.05, 0.1) is 24.5 Å². The van der Waals surface area contributed by atoms with Crippen molar-refractivity contribution < 1.29 is 18.7 Å². The van der Waals surface area contributed by atoms with Crippen LogP contribution in [-0.4, -0.2) is 38.9 Å². The molecule has 10 heteroatoms. The highest BCUT2D eigenvalue weighted by molar-refractivity contribution is 7.99. The Bertz CT molecular complexity index is 1120. The number of halogens is 1. The van der Waals surface area contributed by atoms with Crippen LogP contribution in [0.4, 0.5) is 10.1 Å². The second kappa shape index (κ2) is 11.8. The number of thioether (sulfide) groups is 1. The van der Waals surface area contributed by atoms with Crippen LogP contribution < -0.4 is 15.4 Å². The van der Waals surface area contributed by atoms with Crippen LogP contribution in [0, 0.1) is 5.82 Å². The van der Waals surface area contributed by atoms with Crippen molar-refractivity contribution in [1.29, 1.82) is 0 Å². The van der Waals surface area contributed by atoms with Gasteiger partial charge in [0.2, 0.25) is 5.91 Å². The number of carbonyl (C=O) groups excluding carboxylic acids is 2. The normalized spacial score (nSPS) is 10.5. The summed E-state index contributed by atoms with van der Waals surface area (Å²) in [6, 6.07) is 12.8. The molecule has 0 saturated carbocycles. The molecule has 1 heterocycles. The van der Waals surface area contributed by atoms with Gasteiger partial charge in [0, 0.05) is 12.2 Å². The van der Waals surface area contributed by atoms with E-state index >= 15 is 0 Å². The number of nitrogens with one attached hydrogen (secondary N) is 2. The summed E-state index contributed by atoms with van der Waals surface area (Å²) < 4.78 is 20.9. The van der Waals surface area contributed by atoms with Crippen LogP contribution in [-0.2, 0) is 17.9 Å². The SMILES string of the molecule is C=CCn1c(CNC(=O)c2ccccc2F)nnc1SCC(=O)Nc1ccc(OCC)cc1. The molecule has 0 atom stereocenters. The number of benzene rings is 2. The van der Waals surface area contributed by atoms with Crippen molar-refractivity contribution in [3.05, 3.63) is 78.4 Å². The van der Waals surface area contributed by atoms with Crippen molar-refractivity contribution in [2.45, 2.75) is 25.2 Å². The molecular formula is C23H24FN5O3S. The smallest absolute Gasteiger partial charge is 0.254 e. The molecule has 1 aromatic heterocycles. The maximum Gasteiger partial charge on any atom is 0.254 e. The molecule has 172 valence electrons. The van der Waals surface area contributed by atoms with Gasteiger partial charge in [0.25, 0.3) is 5.91 Å². The molecule has 0 aliphatic carbocycles. The maximum atomic E-state index is 13.8. The Morgan fingerprint density at radius 2 is 1.94 bits per heavy atom. The van der Waals surface area contributed by atoms with E-state index in [1.54, 1.807) is 41.0 Å². The molecule has 2 N–H and O–H groups in total. The molecule has 0 aliphatic heterocycles. The molecule has 8 nitrogen and oxygen atoms in total. The zero-order valence-corrected chi connectivity index (χ0v) is 18.9. The molecule has 33 heavy (non-hydrogen) atoms. The van der Waals surface area contributed by atoms with Gasteiger partial charge < -0.3 is 19.9 Å². The number of carbonyl (C=O) groups is 2. The number of hydrogen-bond acceptors (Lipinski definition) is 6. The lowest BCUT2D eigenvalue weighted by Gasteiger charge is -2.10. The van der Waals surface area contributed by atoms with Crippen LogP contribution >= 0.6 is 11.8 Å². The monoisotopic (exact) mass is 469 g/mol. The first-order valence-corrected chi connectivity index (χ1v) is 11.2. The molecule has 0 radical (unpaired) electrons. The Kier molecular flexibility index (Phi) is 8.59. The molecule has 3 aromatic rings. The number of amides is 2. The van der Waals surface area contributed by atoms with Crippen molar-refractivity contribution in [3.8, 4) is 5.75 Å². The Hall–Kier alpha value is -3.66. The van der Waals surface area contributed by atoms with Gasteiger partial charge in [0.1, 0.15) is 11.6 Å². The van der Waals surface area contributed by atoms with E-state index in [1.807, 2.05) is 6.92 Å². The molecule has 2 amide bonds. The van der Waals surface area contributed by atoms with Gasteiger partial charge in [-0.3, -0.25) is 9.59 Å². The predicted molar refractivity (Wildman–Crippen MR) is 125 cm³/mol. The number of ether oxygens (including phenoxy) is 1. The second-order valence-electron chi connectivity index (χ2n) is 6.75. The highest BCUT2D eigenvalue weighted by Gasteiger charge is 2.16. The molecule has 0 unspecified atom stereocenters. The Morgan fingerprint density at radius 3 is 2.64 bits per heavy atom. The number of allylic oxidation sites excluding steroid dienone is 1. The van der Waals surface area contributed by atoms with Crippen LogP contribution in [0.2, 0.25) is 0 Å². The number of rotatable bonds is 11. The van der Waals surface area contributed by atoms with Crippen LogP contribution in [0.5, 0.6) is 5.75 Å². The van der Waals surface area contributed by atoms with Gasteiger partial charge in [-0.05, 0) is 43.3 Å². The van der Waals surface area contributed by atoms with Crippen LogP contribution in [0.1, 0.15) is 23.1 Å². The van der Waals surface area contributed by atoms with Gasteiger partial charge in [-0.1, -0.05) is 30.0 Å². The minimum absolute atomic E-state index is 0.0483. The van der Waals surface area contributed by atoms with E-state index in [4.69, 9.17) is 4.74 Å². The lowest BCUT2D eigenvalue weighted by Crippen LogP contribution is -2.25. The van der Waals surface area contributed by atoms with E-state index in [9.17, 15) is 14.0 Å². The van der Waals surface area contributed by atoms with Gasteiger partial charge in [-0.15, -0.1) is 16.8 Å². The first-order valence-electron chi connectivity index (χ1n) is 10.2. The largest absolute Gasteiger partial charge is 0.494 e. The van der Waals surface area contributed by atoms with E-state index in [1.165, 1.54) is 30.0 Å². The first-order chi connectivity index (χ1) is 16.0. The summed E-state index contributed by atoms with van der Waals surface area (Å²) in [7, 11) is 0. The summed E-state index contributed by atoms with van der Waals surface area (Å²) in [5.41, 5.74) is 0.612. The van der Waals surface area contributed by atoms with E-state index in [-0.39, 0.29) is 23.8 Å². The lowest BCUT2D eigenvalue weighted by atomic mass is 10.2. The fourth-order valence-electron chi connectivity index (χ4n) is 2.90. The van der Waals surface area contributed by atoms with Crippen LogP contribution in [0.3, 0.4) is 0 Å². The predicted octanol–water partition coefficient (Wildman–Crippen LogP) is 3.66. The van der Waals surface area contributed by atoms with Crippen LogP contribution in [0.25, 0.3) is 0 Å². The van der Waals surface area contributed by atoms with Crippen molar-refractivity contribution in [1.82, 2.24) is 20.1 Å².